The first-order valence-corrected chi connectivity index (χ1v) is 8.76. The number of nitro groups is 1. The third-order valence-corrected chi connectivity index (χ3v) is 4.89. The van der Waals surface area contributed by atoms with Crippen molar-refractivity contribution in [2.24, 2.45) is 0 Å². The number of nitrogens with zero attached hydrogens (tertiary/aromatic N) is 2. The highest BCUT2D eigenvalue weighted by Crippen LogP contribution is 2.28. The van der Waals surface area contributed by atoms with Crippen LogP contribution in [0.3, 0.4) is 0 Å². The molecule has 0 aromatic heterocycles. The van der Waals surface area contributed by atoms with Gasteiger partial charge in [0.1, 0.15) is 5.02 Å². The number of carbonyl (C=O) groups is 1. The van der Waals surface area contributed by atoms with Crippen molar-refractivity contribution in [1.29, 1.82) is 0 Å². The molecule has 1 amide bonds. The summed E-state index contributed by atoms with van der Waals surface area (Å²) in [6.07, 6.45) is 0. The van der Waals surface area contributed by atoms with Gasteiger partial charge in [0.25, 0.3) is 21.6 Å². The Hall–Kier alpha value is -2.65. The topological polar surface area (TPSA) is 110 Å². The van der Waals surface area contributed by atoms with Crippen molar-refractivity contribution < 1.29 is 18.1 Å². The highest BCUT2D eigenvalue weighted by atomic mass is 35.5. The van der Waals surface area contributed by atoms with Crippen LogP contribution in [0.15, 0.2) is 47.4 Å². The Kier molecular flexibility index (Phi) is 5.29. The summed E-state index contributed by atoms with van der Waals surface area (Å²) in [5.74, 6) is -0.289. The maximum absolute atomic E-state index is 12.4. The van der Waals surface area contributed by atoms with Gasteiger partial charge in [0.2, 0.25) is 0 Å². The van der Waals surface area contributed by atoms with E-state index in [9.17, 15) is 23.3 Å². The van der Waals surface area contributed by atoms with Gasteiger partial charge in [-0.15, -0.1) is 0 Å². The summed E-state index contributed by atoms with van der Waals surface area (Å²) in [7, 11) is -0.936. The maximum atomic E-state index is 12.4. The first kappa shape index (κ1) is 18.7. The molecular formula is C15H14ClN3O5S. The van der Waals surface area contributed by atoms with Crippen molar-refractivity contribution in [2.45, 2.75) is 4.90 Å². The SMILES string of the molecule is CN(C)C(=O)c1cccc(NS(=O)(=O)c2ccc(Cl)c([N+](=O)[O-])c2)c1. The van der Waals surface area contributed by atoms with E-state index in [2.05, 4.69) is 4.72 Å². The first-order valence-electron chi connectivity index (χ1n) is 6.90. The molecule has 0 aliphatic rings. The lowest BCUT2D eigenvalue weighted by Crippen LogP contribution is -2.22. The van der Waals surface area contributed by atoms with E-state index < -0.39 is 20.6 Å². The molecule has 0 heterocycles. The fourth-order valence-corrected chi connectivity index (χ4v) is 3.24. The van der Waals surface area contributed by atoms with Gasteiger partial charge in [-0.05, 0) is 30.3 Å². The lowest BCUT2D eigenvalue weighted by atomic mass is 10.2. The Balaban J connectivity index is 2.37. The molecule has 0 saturated carbocycles. The molecule has 0 aliphatic heterocycles. The number of sulfonamides is 1. The second-order valence-corrected chi connectivity index (χ2v) is 7.35. The number of carbonyl (C=O) groups excluding carboxylic acids is 1. The molecule has 0 radical (unpaired) electrons. The minimum Gasteiger partial charge on any atom is -0.345 e. The summed E-state index contributed by atoms with van der Waals surface area (Å²) >= 11 is 5.69. The van der Waals surface area contributed by atoms with Gasteiger partial charge in [0.15, 0.2) is 0 Å². The molecule has 0 bridgehead atoms. The predicted molar refractivity (Wildman–Crippen MR) is 93.4 cm³/mol. The van der Waals surface area contributed by atoms with Crippen molar-refractivity contribution in [2.75, 3.05) is 18.8 Å². The summed E-state index contributed by atoms with van der Waals surface area (Å²) in [5, 5.41) is 10.7. The number of anilines is 1. The Morgan fingerprint density at radius 2 is 1.88 bits per heavy atom. The highest BCUT2D eigenvalue weighted by molar-refractivity contribution is 7.92. The number of nitrogens with one attached hydrogen (secondary N) is 1. The van der Waals surface area contributed by atoms with Gasteiger partial charge in [-0.2, -0.15) is 0 Å². The Bertz CT molecular complexity index is 944. The van der Waals surface area contributed by atoms with Gasteiger partial charge in [0, 0.05) is 31.4 Å². The van der Waals surface area contributed by atoms with Crippen molar-refractivity contribution in [1.82, 2.24) is 4.90 Å². The van der Waals surface area contributed by atoms with Crippen LogP contribution in [0.4, 0.5) is 11.4 Å². The zero-order chi connectivity index (χ0) is 18.8. The summed E-state index contributed by atoms with van der Waals surface area (Å²) in [5.41, 5.74) is -0.0568. The average Bonchev–Trinajstić information content (AvgIpc) is 2.53. The van der Waals surface area contributed by atoms with Crippen molar-refractivity contribution in [3.8, 4) is 0 Å². The van der Waals surface area contributed by atoms with Crippen LogP contribution in [0, 0.1) is 10.1 Å². The van der Waals surface area contributed by atoms with Crippen LogP contribution in [0.2, 0.25) is 5.02 Å². The molecule has 0 fully saturated rings. The number of rotatable bonds is 5. The van der Waals surface area contributed by atoms with E-state index >= 15 is 0 Å². The molecule has 1 N–H and O–H groups in total. The molecule has 0 atom stereocenters. The number of benzene rings is 2. The normalized spacial score (nSPS) is 11.0. The largest absolute Gasteiger partial charge is 0.345 e. The van der Waals surface area contributed by atoms with E-state index in [0.29, 0.717) is 5.56 Å². The number of hydrogen-bond donors (Lipinski definition) is 1. The van der Waals surface area contributed by atoms with E-state index in [1.807, 2.05) is 0 Å². The molecule has 25 heavy (non-hydrogen) atoms. The van der Waals surface area contributed by atoms with Gasteiger partial charge in [-0.25, -0.2) is 8.42 Å². The van der Waals surface area contributed by atoms with E-state index in [0.717, 1.165) is 18.2 Å². The Morgan fingerprint density at radius 1 is 1.20 bits per heavy atom. The van der Waals surface area contributed by atoms with Gasteiger partial charge >= 0.3 is 0 Å². The minimum atomic E-state index is -4.09. The number of hydrogen-bond acceptors (Lipinski definition) is 5. The van der Waals surface area contributed by atoms with Crippen molar-refractivity contribution in [3.63, 3.8) is 0 Å². The molecule has 8 nitrogen and oxygen atoms in total. The smallest absolute Gasteiger partial charge is 0.289 e. The second-order valence-electron chi connectivity index (χ2n) is 5.26. The van der Waals surface area contributed by atoms with Crippen LogP contribution in [0.5, 0.6) is 0 Å². The van der Waals surface area contributed by atoms with E-state index in [1.54, 1.807) is 20.2 Å². The molecule has 2 aromatic carbocycles. The van der Waals surface area contributed by atoms with Crippen molar-refractivity contribution >= 4 is 38.9 Å². The fourth-order valence-electron chi connectivity index (χ4n) is 1.99. The first-order chi connectivity index (χ1) is 11.6. The molecule has 2 aromatic rings. The average molecular weight is 384 g/mol. The predicted octanol–water partition coefficient (Wildman–Crippen LogP) is 2.75. The molecule has 0 unspecified atom stereocenters. The van der Waals surface area contributed by atoms with Crippen LogP contribution < -0.4 is 4.72 Å². The number of halogens is 1. The zero-order valence-corrected chi connectivity index (χ0v) is 14.8. The molecule has 132 valence electrons. The summed E-state index contributed by atoms with van der Waals surface area (Å²) in [6, 6.07) is 9.09. The summed E-state index contributed by atoms with van der Waals surface area (Å²) < 4.78 is 27.2. The Morgan fingerprint density at radius 3 is 2.48 bits per heavy atom. The fraction of sp³-hybridized carbons (Fsp3) is 0.133. The molecular weight excluding hydrogens is 370 g/mol. The standard InChI is InChI=1S/C15H14ClN3O5S/c1-18(2)15(20)10-4-3-5-11(8-10)17-25(23,24)12-6-7-13(16)14(9-12)19(21)22/h3-9,17H,1-2H3. The van der Waals surface area contributed by atoms with E-state index in [1.165, 1.54) is 23.1 Å². The molecule has 10 heteroatoms. The zero-order valence-electron chi connectivity index (χ0n) is 13.3. The quantitative estimate of drug-likeness (QED) is 0.630. The van der Waals surface area contributed by atoms with Crippen LogP contribution in [-0.4, -0.2) is 38.2 Å². The van der Waals surface area contributed by atoms with Crippen LogP contribution in [0.1, 0.15) is 10.4 Å². The third kappa shape index (κ3) is 4.25. The maximum Gasteiger partial charge on any atom is 0.289 e. The molecule has 0 aliphatic carbocycles. The third-order valence-electron chi connectivity index (χ3n) is 3.19. The van der Waals surface area contributed by atoms with Crippen LogP contribution >= 0.6 is 11.6 Å². The highest BCUT2D eigenvalue weighted by Gasteiger charge is 2.21. The summed E-state index contributed by atoms with van der Waals surface area (Å²) in [6.45, 7) is 0. The lowest BCUT2D eigenvalue weighted by Gasteiger charge is -2.12. The van der Waals surface area contributed by atoms with E-state index in [4.69, 9.17) is 11.6 Å². The number of amides is 1. The molecule has 0 saturated heterocycles. The van der Waals surface area contributed by atoms with Crippen LogP contribution in [0.25, 0.3) is 0 Å². The van der Waals surface area contributed by atoms with Crippen molar-refractivity contribution in [3.05, 3.63) is 63.2 Å². The van der Waals surface area contributed by atoms with Gasteiger partial charge in [0.05, 0.1) is 9.82 Å². The molecule has 2 rings (SSSR count). The second kappa shape index (κ2) is 7.08. The molecule has 0 spiro atoms. The Labute approximate surface area is 149 Å². The number of nitro benzene ring substituents is 1. The monoisotopic (exact) mass is 383 g/mol. The lowest BCUT2D eigenvalue weighted by molar-refractivity contribution is -0.384. The van der Waals surface area contributed by atoms with E-state index in [-0.39, 0.29) is 21.5 Å². The van der Waals surface area contributed by atoms with Crippen LogP contribution in [-0.2, 0) is 10.0 Å². The minimum absolute atomic E-state index is 0.158. The van der Waals surface area contributed by atoms with Gasteiger partial charge in [-0.1, -0.05) is 17.7 Å². The summed E-state index contributed by atoms with van der Waals surface area (Å²) in [4.78, 5) is 23.1. The van der Waals surface area contributed by atoms with Gasteiger partial charge < -0.3 is 4.90 Å². The van der Waals surface area contributed by atoms with Gasteiger partial charge in [-0.3, -0.25) is 19.6 Å².